The van der Waals surface area contributed by atoms with Crippen molar-refractivity contribution in [1.82, 2.24) is 5.32 Å². The standard InChI is InChI=1S/C13H17NO5S/c1-2-20(16,17)19-13(8-9-13)14-12(15)18-10-11-6-4-3-5-7-11/h3-7H,2,8-10H2,1H3,(H,14,15). The van der Waals surface area contributed by atoms with E-state index in [9.17, 15) is 13.2 Å². The van der Waals surface area contributed by atoms with Gasteiger partial charge in [0.2, 0.25) is 0 Å². The van der Waals surface area contributed by atoms with Gasteiger partial charge in [0.05, 0.1) is 5.75 Å². The highest BCUT2D eigenvalue weighted by molar-refractivity contribution is 7.86. The summed E-state index contributed by atoms with van der Waals surface area (Å²) in [6.07, 6.45) is 0.247. The second kappa shape index (κ2) is 5.80. The molecule has 1 saturated carbocycles. The zero-order valence-corrected chi connectivity index (χ0v) is 12.0. The van der Waals surface area contributed by atoms with E-state index in [4.69, 9.17) is 8.92 Å². The van der Waals surface area contributed by atoms with Crippen LogP contribution in [0.5, 0.6) is 0 Å². The molecule has 0 unspecified atom stereocenters. The number of alkyl carbamates (subject to hydrolysis) is 1. The maximum atomic E-state index is 11.6. The average Bonchev–Trinajstić information content (AvgIpc) is 3.16. The summed E-state index contributed by atoms with van der Waals surface area (Å²) < 4.78 is 32.8. The molecule has 6 nitrogen and oxygen atoms in total. The predicted octanol–water partition coefficient (Wildman–Crippen LogP) is 1.77. The van der Waals surface area contributed by atoms with Crippen LogP contribution in [0.1, 0.15) is 25.3 Å². The van der Waals surface area contributed by atoms with Crippen LogP contribution in [0.2, 0.25) is 0 Å². The highest BCUT2D eigenvalue weighted by Gasteiger charge is 2.49. The number of rotatable bonds is 6. The Morgan fingerprint density at radius 3 is 2.50 bits per heavy atom. The van der Waals surface area contributed by atoms with Crippen LogP contribution < -0.4 is 5.32 Å². The number of nitrogens with one attached hydrogen (secondary N) is 1. The molecule has 0 aliphatic heterocycles. The zero-order chi connectivity index (χ0) is 14.6. The molecule has 0 spiro atoms. The van der Waals surface area contributed by atoms with Gasteiger partial charge in [-0.1, -0.05) is 30.3 Å². The van der Waals surface area contributed by atoms with E-state index in [1.807, 2.05) is 30.3 Å². The van der Waals surface area contributed by atoms with Crippen LogP contribution in [-0.2, 0) is 25.6 Å². The minimum atomic E-state index is -3.60. The number of hydrogen-bond acceptors (Lipinski definition) is 5. The highest BCUT2D eigenvalue weighted by Crippen LogP contribution is 2.38. The molecule has 20 heavy (non-hydrogen) atoms. The van der Waals surface area contributed by atoms with Crippen LogP contribution in [0.25, 0.3) is 0 Å². The Hall–Kier alpha value is -1.60. The lowest BCUT2D eigenvalue weighted by molar-refractivity contribution is 0.0985. The normalized spacial score (nSPS) is 16.4. The van der Waals surface area contributed by atoms with E-state index in [2.05, 4.69) is 5.32 Å². The van der Waals surface area contributed by atoms with Crippen molar-refractivity contribution in [3.63, 3.8) is 0 Å². The lowest BCUT2D eigenvalue weighted by atomic mass is 10.2. The SMILES string of the molecule is CCS(=O)(=O)OC1(NC(=O)OCc2ccccc2)CC1. The first-order valence-corrected chi connectivity index (χ1v) is 7.95. The topological polar surface area (TPSA) is 81.7 Å². The molecule has 110 valence electrons. The van der Waals surface area contributed by atoms with Crippen LogP contribution in [-0.4, -0.2) is 26.0 Å². The summed E-state index contributed by atoms with van der Waals surface area (Å²) in [5, 5.41) is 2.47. The second-order valence-corrected chi connectivity index (χ2v) is 6.47. The van der Waals surface area contributed by atoms with Crippen molar-refractivity contribution in [3.8, 4) is 0 Å². The molecule has 1 aliphatic carbocycles. The number of carbonyl (C=O) groups is 1. The number of hydrogen-bond donors (Lipinski definition) is 1. The Morgan fingerprint density at radius 1 is 1.30 bits per heavy atom. The van der Waals surface area contributed by atoms with Crippen molar-refractivity contribution in [1.29, 1.82) is 0 Å². The summed E-state index contributed by atoms with van der Waals surface area (Å²) in [6, 6.07) is 9.22. The summed E-state index contributed by atoms with van der Waals surface area (Å²) in [5.74, 6) is -0.129. The van der Waals surface area contributed by atoms with Gasteiger partial charge in [-0.3, -0.25) is 5.32 Å². The van der Waals surface area contributed by atoms with Crippen LogP contribution in [0, 0.1) is 0 Å². The first-order valence-electron chi connectivity index (χ1n) is 6.37. The molecule has 1 aromatic carbocycles. The van der Waals surface area contributed by atoms with Crippen molar-refractivity contribution in [2.45, 2.75) is 32.1 Å². The first-order chi connectivity index (χ1) is 9.45. The molecule has 0 saturated heterocycles. The summed E-state index contributed by atoms with van der Waals surface area (Å²) in [4.78, 5) is 11.6. The molecular formula is C13H17NO5S. The predicted molar refractivity (Wildman–Crippen MR) is 72.3 cm³/mol. The molecule has 0 radical (unpaired) electrons. The number of carbonyl (C=O) groups excluding carboxylic acids is 1. The van der Waals surface area contributed by atoms with E-state index in [0.29, 0.717) is 12.8 Å². The number of amides is 1. The Balaban J connectivity index is 1.83. The molecule has 0 bridgehead atoms. The summed E-state index contributed by atoms with van der Waals surface area (Å²) in [5.41, 5.74) is -0.252. The lowest BCUT2D eigenvalue weighted by Gasteiger charge is -2.17. The molecular weight excluding hydrogens is 282 g/mol. The van der Waals surface area contributed by atoms with Crippen LogP contribution in [0.15, 0.2) is 30.3 Å². The average molecular weight is 299 g/mol. The molecule has 0 heterocycles. The maximum absolute atomic E-state index is 11.6. The van der Waals surface area contributed by atoms with Crippen molar-refractivity contribution in [3.05, 3.63) is 35.9 Å². The van der Waals surface area contributed by atoms with Crippen molar-refractivity contribution >= 4 is 16.2 Å². The maximum Gasteiger partial charge on any atom is 0.409 e. The molecule has 1 aromatic rings. The van der Waals surface area contributed by atoms with Crippen LogP contribution in [0.4, 0.5) is 4.79 Å². The molecule has 1 N–H and O–H groups in total. The van der Waals surface area contributed by atoms with Gasteiger partial charge in [-0.2, -0.15) is 8.42 Å². The van der Waals surface area contributed by atoms with E-state index in [1.54, 1.807) is 0 Å². The highest BCUT2D eigenvalue weighted by atomic mass is 32.2. The van der Waals surface area contributed by atoms with Crippen LogP contribution in [0.3, 0.4) is 0 Å². The number of ether oxygens (including phenoxy) is 1. The Morgan fingerprint density at radius 2 is 1.95 bits per heavy atom. The van der Waals surface area contributed by atoms with E-state index in [0.717, 1.165) is 5.56 Å². The van der Waals surface area contributed by atoms with Crippen molar-refractivity contribution < 1.29 is 22.1 Å². The summed E-state index contributed by atoms with van der Waals surface area (Å²) in [7, 11) is -3.60. The molecule has 2 rings (SSSR count). The third kappa shape index (κ3) is 4.21. The van der Waals surface area contributed by atoms with Gasteiger partial charge < -0.3 is 4.74 Å². The van der Waals surface area contributed by atoms with Gasteiger partial charge in [-0.05, 0) is 12.5 Å². The molecule has 0 aromatic heterocycles. The van der Waals surface area contributed by atoms with E-state index < -0.39 is 21.9 Å². The van der Waals surface area contributed by atoms with Gasteiger partial charge in [0, 0.05) is 12.8 Å². The largest absolute Gasteiger partial charge is 0.445 e. The van der Waals surface area contributed by atoms with Gasteiger partial charge in [0.15, 0.2) is 5.72 Å². The molecule has 1 fully saturated rings. The fourth-order valence-electron chi connectivity index (χ4n) is 1.59. The first kappa shape index (κ1) is 14.8. The quantitative estimate of drug-likeness (QED) is 0.639. The second-order valence-electron chi connectivity index (χ2n) is 4.61. The van der Waals surface area contributed by atoms with Crippen molar-refractivity contribution in [2.24, 2.45) is 0 Å². The summed E-state index contributed by atoms with van der Waals surface area (Å²) in [6.45, 7) is 1.61. The third-order valence-electron chi connectivity index (χ3n) is 2.89. The number of benzene rings is 1. The summed E-state index contributed by atoms with van der Waals surface area (Å²) >= 11 is 0. The third-order valence-corrected chi connectivity index (χ3v) is 4.17. The smallest absolute Gasteiger partial charge is 0.409 e. The Kier molecular flexibility index (Phi) is 4.29. The van der Waals surface area contributed by atoms with Gasteiger partial charge in [-0.25, -0.2) is 8.98 Å². The van der Waals surface area contributed by atoms with E-state index in [-0.39, 0.29) is 12.4 Å². The molecule has 7 heteroatoms. The monoisotopic (exact) mass is 299 g/mol. The zero-order valence-electron chi connectivity index (χ0n) is 11.2. The van der Waals surface area contributed by atoms with Gasteiger partial charge in [0.25, 0.3) is 10.1 Å². The molecule has 0 atom stereocenters. The Labute approximate surface area is 118 Å². The van der Waals surface area contributed by atoms with Gasteiger partial charge in [0.1, 0.15) is 6.61 Å². The van der Waals surface area contributed by atoms with Gasteiger partial charge >= 0.3 is 6.09 Å². The molecule has 1 amide bonds. The Bertz CT molecular complexity index is 566. The van der Waals surface area contributed by atoms with Gasteiger partial charge in [-0.15, -0.1) is 0 Å². The fourth-order valence-corrected chi connectivity index (χ4v) is 2.40. The van der Waals surface area contributed by atoms with Crippen molar-refractivity contribution in [2.75, 3.05) is 5.75 Å². The van der Waals surface area contributed by atoms with E-state index in [1.165, 1.54) is 6.92 Å². The van der Waals surface area contributed by atoms with E-state index >= 15 is 0 Å². The minimum absolute atomic E-state index is 0.128. The fraction of sp³-hybridized carbons (Fsp3) is 0.462. The van der Waals surface area contributed by atoms with Crippen LogP contribution >= 0.6 is 0 Å². The minimum Gasteiger partial charge on any atom is -0.445 e. The molecule has 1 aliphatic rings. The lowest BCUT2D eigenvalue weighted by Crippen LogP contribution is -2.41.